The molecule has 4 N–H and O–H groups in total. The third-order valence-electron chi connectivity index (χ3n) is 4.10. The smallest absolute Gasteiger partial charge is 0.226 e. The van der Waals surface area contributed by atoms with E-state index in [1.54, 1.807) is 12.1 Å². The number of rotatable bonds is 3. The quantitative estimate of drug-likeness (QED) is 0.580. The second-order valence-electron chi connectivity index (χ2n) is 5.54. The van der Waals surface area contributed by atoms with E-state index in [-0.39, 0.29) is 42.2 Å². The molecule has 0 spiro atoms. The van der Waals surface area contributed by atoms with Crippen molar-refractivity contribution in [3.8, 4) is 5.75 Å². The zero-order valence-electron chi connectivity index (χ0n) is 12.1. The maximum Gasteiger partial charge on any atom is 0.226 e. The highest BCUT2D eigenvalue weighted by Gasteiger charge is 2.41. The summed E-state index contributed by atoms with van der Waals surface area (Å²) in [4.78, 5) is 12.3. The topological polar surface area (TPSA) is 84.6 Å². The van der Waals surface area contributed by atoms with Gasteiger partial charge in [0.15, 0.2) is 0 Å². The Morgan fingerprint density at radius 1 is 1.35 bits per heavy atom. The number of phenolic OH excluding ortho intramolecular Hbond substituents is 1. The summed E-state index contributed by atoms with van der Waals surface area (Å²) in [6.07, 6.45) is -0.00374. The lowest BCUT2D eigenvalue weighted by molar-refractivity contribution is -0.127. The van der Waals surface area contributed by atoms with Crippen molar-refractivity contribution in [3.05, 3.63) is 23.8 Å². The van der Waals surface area contributed by atoms with Gasteiger partial charge in [0.1, 0.15) is 5.75 Å². The van der Waals surface area contributed by atoms with Crippen LogP contribution in [0, 0.1) is 11.8 Å². The van der Waals surface area contributed by atoms with Crippen LogP contribution in [0.5, 0.6) is 5.75 Å². The normalized spacial score (nSPS) is 29.4. The van der Waals surface area contributed by atoms with Gasteiger partial charge in [0.05, 0.1) is 18.1 Å². The molecule has 2 rings (SSSR count). The Morgan fingerprint density at radius 2 is 2.05 bits per heavy atom. The lowest BCUT2D eigenvalue weighted by atomic mass is 9.89. The fourth-order valence-electron chi connectivity index (χ4n) is 2.77. The Kier molecular flexibility index (Phi) is 4.18. The summed E-state index contributed by atoms with van der Waals surface area (Å²) in [5.41, 5.74) is 6.85. The zero-order valence-corrected chi connectivity index (χ0v) is 12.1. The Morgan fingerprint density at radius 3 is 2.65 bits per heavy atom. The van der Waals surface area contributed by atoms with Gasteiger partial charge >= 0.3 is 0 Å². The molecule has 1 aromatic carbocycles. The number of nitrogens with two attached hydrogens (primary N) is 1. The highest BCUT2D eigenvalue weighted by molar-refractivity contribution is 5.80. The number of hydrogen-bond donors (Lipinski definition) is 3. The number of hydrogen-bond acceptors (Lipinski definition) is 4. The number of nitrogens with one attached hydrogen (secondary N) is 1. The van der Waals surface area contributed by atoms with Crippen LogP contribution < -0.4 is 11.1 Å². The predicted molar refractivity (Wildman–Crippen MR) is 77.0 cm³/mol. The summed E-state index contributed by atoms with van der Waals surface area (Å²) in [5, 5.41) is 12.6. The van der Waals surface area contributed by atoms with Crippen molar-refractivity contribution >= 4 is 11.6 Å². The Bertz CT molecular complexity index is 504. The largest absolute Gasteiger partial charge is 0.508 e. The van der Waals surface area contributed by atoms with E-state index in [4.69, 9.17) is 10.5 Å². The number of nitrogen functional groups attached to an aromatic ring is 1. The molecule has 1 saturated heterocycles. The fourth-order valence-corrected chi connectivity index (χ4v) is 2.77. The molecule has 4 atom stereocenters. The molecule has 1 aliphatic rings. The molecule has 4 unspecified atom stereocenters. The third-order valence-corrected chi connectivity index (χ3v) is 4.10. The van der Waals surface area contributed by atoms with Crippen LogP contribution in [0.4, 0.5) is 5.69 Å². The van der Waals surface area contributed by atoms with E-state index in [0.29, 0.717) is 11.3 Å². The molecule has 5 heteroatoms. The number of anilines is 1. The van der Waals surface area contributed by atoms with Crippen LogP contribution in [0.15, 0.2) is 18.2 Å². The van der Waals surface area contributed by atoms with E-state index >= 15 is 0 Å². The number of aromatic hydroxyl groups is 1. The van der Waals surface area contributed by atoms with Crippen LogP contribution in [-0.2, 0) is 16.1 Å². The average Bonchev–Trinajstić information content (AvgIpc) is 2.64. The third kappa shape index (κ3) is 2.88. The van der Waals surface area contributed by atoms with Crippen LogP contribution in [0.1, 0.15) is 26.3 Å². The van der Waals surface area contributed by atoms with Crippen molar-refractivity contribution in [1.29, 1.82) is 0 Å². The van der Waals surface area contributed by atoms with Crippen LogP contribution >= 0.6 is 0 Å². The molecule has 1 aliphatic heterocycles. The van der Waals surface area contributed by atoms with Crippen molar-refractivity contribution in [2.75, 3.05) is 5.73 Å². The first kappa shape index (κ1) is 14.7. The summed E-state index contributed by atoms with van der Waals surface area (Å²) in [6.45, 7) is 6.19. The monoisotopic (exact) mass is 278 g/mol. The number of carbonyl (C=O) groups is 1. The molecule has 20 heavy (non-hydrogen) atoms. The molecule has 1 aromatic rings. The van der Waals surface area contributed by atoms with Crippen LogP contribution in [0.3, 0.4) is 0 Å². The van der Waals surface area contributed by atoms with E-state index in [9.17, 15) is 9.90 Å². The lowest BCUT2D eigenvalue weighted by Crippen LogP contribution is -2.36. The lowest BCUT2D eigenvalue weighted by Gasteiger charge is -2.18. The molecule has 0 saturated carbocycles. The van der Waals surface area contributed by atoms with Gasteiger partial charge in [0.25, 0.3) is 0 Å². The second kappa shape index (κ2) is 5.71. The molecule has 1 amide bonds. The summed E-state index contributed by atoms with van der Waals surface area (Å²) in [7, 11) is 0. The van der Waals surface area contributed by atoms with Gasteiger partial charge in [-0.3, -0.25) is 4.79 Å². The summed E-state index contributed by atoms with van der Waals surface area (Å²) in [5.74, 6) is 0.112. The van der Waals surface area contributed by atoms with E-state index in [1.807, 2.05) is 20.8 Å². The van der Waals surface area contributed by atoms with Gasteiger partial charge in [-0.1, -0.05) is 6.92 Å². The van der Waals surface area contributed by atoms with Gasteiger partial charge in [0, 0.05) is 17.8 Å². The van der Waals surface area contributed by atoms with E-state index in [2.05, 4.69) is 5.32 Å². The molecule has 0 bridgehead atoms. The summed E-state index contributed by atoms with van der Waals surface area (Å²) < 4.78 is 5.67. The van der Waals surface area contributed by atoms with Gasteiger partial charge in [-0.15, -0.1) is 0 Å². The van der Waals surface area contributed by atoms with Crippen molar-refractivity contribution in [3.63, 3.8) is 0 Å². The Balaban J connectivity index is 2.00. The SMILES string of the molecule is CC1OC(C)C(C(=O)NCc2cc(N)ccc2O)C1C. The molecular weight excluding hydrogens is 256 g/mol. The standard InChI is InChI=1S/C15H22N2O3/c1-8-9(2)20-10(3)14(8)15(19)17-7-11-6-12(16)4-5-13(11)18/h4-6,8-10,14,18H,7,16H2,1-3H3,(H,17,19). The van der Waals surface area contributed by atoms with E-state index in [1.165, 1.54) is 6.07 Å². The number of phenols is 1. The van der Waals surface area contributed by atoms with Crippen molar-refractivity contribution in [2.45, 2.75) is 39.5 Å². The summed E-state index contributed by atoms with van der Waals surface area (Å²) >= 11 is 0. The van der Waals surface area contributed by atoms with E-state index in [0.717, 1.165) is 0 Å². The number of amides is 1. The fraction of sp³-hybridized carbons (Fsp3) is 0.533. The van der Waals surface area contributed by atoms with Crippen molar-refractivity contribution in [2.24, 2.45) is 11.8 Å². The molecule has 1 heterocycles. The molecule has 0 radical (unpaired) electrons. The van der Waals surface area contributed by atoms with Gasteiger partial charge in [-0.25, -0.2) is 0 Å². The minimum Gasteiger partial charge on any atom is -0.508 e. The summed E-state index contributed by atoms with van der Waals surface area (Å²) in [6, 6.07) is 4.82. The maximum absolute atomic E-state index is 12.3. The van der Waals surface area contributed by atoms with E-state index < -0.39 is 0 Å². The van der Waals surface area contributed by atoms with Crippen LogP contribution in [-0.4, -0.2) is 23.2 Å². The van der Waals surface area contributed by atoms with Crippen molar-refractivity contribution in [1.82, 2.24) is 5.32 Å². The molecule has 110 valence electrons. The van der Waals surface area contributed by atoms with Gasteiger partial charge in [0.2, 0.25) is 5.91 Å². The van der Waals surface area contributed by atoms with Crippen LogP contribution in [0.2, 0.25) is 0 Å². The minimum atomic E-state index is -0.159. The highest BCUT2D eigenvalue weighted by atomic mass is 16.5. The van der Waals surface area contributed by atoms with Gasteiger partial charge in [-0.2, -0.15) is 0 Å². The number of benzene rings is 1. The first-order valence-electron chi connectivity index (χ1n) is 6.90. The number of carbonyl (C=O) groups excluding carboxylic acids is 1. The Labute approximate surface area is 119 Å². The van der Waals surface area contributed by atoms with Crippen molar-refractivity contribution < 1.29 is 14.6 Å². The average molecular weight is 278 g/mol. The van der Waals surface area contributed by atoms with Gasteiger partial charge < -0.3 is 20.9 Å². The zero-order chi connectivity index (χ0) is 14.9. The van der Waals surface area contributed by atoms with Crippen LogP contribution in [0.25, 0.3) is 0 Å². The molecule has 0 aromatic heterocycles. The minimum absolute atomic E-state index is 0.0452. The molecule has 1 fully saturated rings. The van der Waals surface area contributed by atoms with Gasteiger partial charge in [-0.05, 0) is 38.0 Å². The second-order valence-corrected chi connectivity index (χ2v) is 5.54. The Hall–Kier alpha value is -1.75. The highest BCUT2D eigenvalue weighted by Crippen LogP contribution is 2.32. The molecule has 5 nitrogen and oxygen atoms in total. The maximum atomic E-state index is 12.3. The molecule has 0 aliphatic carbocycles. The molecular formula is C15H22N2O3. The first-order chi connectivity index (χ1) is 9.40. The number of ether oxygens (including phenoxy) is 1. The first-order valence-corrected chi connectivity index (χ1v) is 6.90. The predicted octanol–water partition coefficient (Wildman–Crippen LogP) is 1.65.